The second-order valence-corrected chi connectivity index (χ2v) is 6.88. The molecule has 4 atom stereocenters. The molecule has 2 fully saturated rings. The van der Waals surface area contributed by atoms with Crippen LogP contribution in [0.25, 0.3) is 0 Å². The molecule has 0 aromatic rings. The van der Waals surface area contributed by atoms with E-state index in [9.17, 15) is 0 Å². The summed E-state index contributed by atoms with van der Waals surface area (Å²) >= 11 is 0. The van der Waals surface area contributed by atoms with Gasteiger partial charge in [-0.1, -0.05) is 20.8 Å². The van der Waals surface area contributed by atoms with Gasteiger partial charge in [0.05, 0.1) is 24.2 Å². The van der Waals surface area contributed by atoms with Gasteiger partial charge in [0.25, 0.3) is 0 Å². The Morgan fingerprint density at radius 2 is 2.00 bits per heavy atom. The van der Waals surface area contributed by atoms with E-state index >= 15 is 0 Å². The van der Waals surface area contributed by atoms with Crippen LogP contribution >= 0.6 is 0 Å². The van der Waals surface area contributed by atoms with Crippen LogP contribution in [-0.4, -0.2) is 12.2 Å². The molecule has 0 bridgehead atoms. The van der Waals surface area contributed by atoms with Crippen LogP contribution in [0.3, 0.4) is 0 Å². The summed E-state index contributed by atoms with van der Waals surface area (Å²) in [6.07, 6.45) is 7.52. The predicted molar refractivity (Wildman–Crippen MR) is 68.4 cm³/mol. The zero-order valence-corrected chi connectivity index (χ0v) is 11.4. The Morgan fingerprint density at radius 3 is 2.65 bits per heavy atom. The normalized spacial score (nSPS) is 41.1. The molecule has 0 aliphatic heterocycles. The Labute approximate surface area is 105 Å². The van der Waals surface area contributed by atoms with Crippen molar-refractivity contribution in [2.45, 2.75) is 71.5 Å². The van der Waals surface area contributed by atoms with E-state index in [2.05, 4.69) is 26.8 Å². The Bertz CT molecular complexity index is 305. The Hall–Kier alpha value is -0.550. The fourth-order valence-electron chi connectivity index (χ4n) is 3.85. The molecule has 2 nitrogen and oxygen atoms in total. The van der Waals surface area contributed by atoms with Crippen LogP contribution in [0.4, 0.5) is 0 Å². The number of ether oxygens (including phenoxy) is 1. The smallest absolute Gasteiger partial charge is 0.0736 e. The highest BCUT2D eigenvalue weighted by Gasteiger charge is 2.36. The van der Waals surface area contributed by atoms with Gasteiger partial charge in [-0.2, -0.15) is 5.26 Å². The summed E-state index contributed by atoms with van der Waals surface area (Å²) < 4.78 is 6.24. The van der Waals surface area contributed by atoms with Crippen molar-refractivity contribution in [2.75, 3.05) is 0 Å². The van der Waals surface area contributed by atoms with Crippen molar-refractivity contribution in [3.63, 3.8) is 0 Å². The largest absolute Gasteiger partial charge is 0.374 e. The molecule has 0 amide bonds. The van der Waals surface area contributed by atoms with Gasteiger partial charge < -0.3 is 4.74 Å². The van der Waals surface area contributed by atoms with Crippen molar-refractivity contribution in [3.05, 3.63) is 0 Å². The van der Waals surface area contributed by atoms with E-state index in [4.69, 9.17) is 10.00 Å². The molecule has 2 aliphatic carbocycles. The van der Waals surface area contributed by atoms with E-state index in [0.717, 1.165) is 31.6 Å². The van der Waals surface area contributed by atoms with Gasteiger partial charge in [0.1, 0.15) is 0 Å². The summed E-state index contributed by atoms with van der Waals surface area (Å²) in [4.78, 5) is 0. The summed E-state index contributed by atoms with van der Waals surface area (Å²) in [6.45, 7) is 7.01. The van der Waals surface area contributed by atoms with E-state index < -0.39 is 0 Å². The third kappa shape index (κ3) is 3.22. The molecule has 2 aliphatic rings. The van der Waals surface area contributed by atoms with Crippen LogP contribution in [0, 0.1) is 28.6 Å². The Balaban J connectivity index is 1.92. The lowest BCUT2D eigenvalue weighted by molar-refractivity contribution is -0.0711. The van der Waals surface area contributed by atoms with E-state index in [1.165, 1.54) is 12.8 Å². The van der Waals surface area contributed by atoms with Crippen molar-refractivity contribution in [3.8, 4) is 6.07 Å². The van der Waals surface area contributed by atoms with Gasteiger partial charge in [-0.15, -0.1) is 0 Å². The first-order valence-electron chi connectivity index (χ1n) is 7.05. The van der Waals surface area contributed by atoms with Gasteiger partial charge in [0.15, 0.2) is 0 Å². The minimum atomic E-state index is 0.148. The highest BCUT2D eigenvalue weighted by atomic mass is 16.5. The minimum Gasteiger partial charge on any atom is -0.374 e. The summed E-state index contributed by atoms with van der Waals surface area (Å²) in [6, 6.07) is 2.41. The maximum atomic E-state index is 9.09. The lowest BCUT2D eigenvalue weighted by atomic mass is 9.71. The molecule has 96 valence electrons. The first-order chi connectivity index (χ1) is 8.00. The summed E-state index contributed by atoms with van der Waals surface area (Å²) in [5, 5.41) is 9.09. The van der Waals surface area contributed by atoms with Crippen LogP contribution in [0.2, 0.25) is 0 Å². The van der Waals surface area contributed by atoms with Crippen LogP contribution in [-0.2, 0) is 4.74 Å². The predicted octanol–water partition coefficient (Wildman–Crippen LogP) is 3.91. The lowest BCUT2D eigenvalue weighted by Crippen LogP contribution is -2.35. The first kappa shape index (κ1) is 12.9. The molecule has 0 heterocycles. The molecular weight excluding hydrogens is 210 g/mol. The Kier molecular flexibility index (Phi) is 3.78. The van der Waals surface area contributed by atoms with Crippen LogP contribution in [0.15, 0.2) is 0 Å². The van der Waals surface area contributed by atoms with Crippen molar-refractivity contribution in [2.24, 2.45) is 17.3 Å². The molecule has 2 rings (SSSR count). The zero-order valence-electron chi connectivity index (χ0n) is 11.4. The molecule has 0 N–H and O–H groups in total. The third-order valence-corrected chi connectivity index (χ3v) is 4.33. The second kappa shape index (κ2) is 4.98. The minimum absolute atomic E-state index is 0.148. The molecule has 4 unspecified atom stereocenters. The molecule has 2 heteroatoms. The molecule has 0 aromatic carbocycles. The second-order valence-electron chi connectivity index (χ2n) is 6.88. The van der Waals surface area contributed by atoms with Gasteiger partial charge in [0, 0.05) is 0 Å². The van der Waals surface area contributed by atoms with Gasteiger partial charge >= 0.3 is 0 Å². The average molecular weight is 235 g/mol. The van der Waals surface area contributed by atoms with Gasteiger partial charge in [-0.3, -0.25) is 0 Å². The van der Waals surface area contributed by atoms with E-state index in [-0.39, 0.29) is 12.0 Å². The molecule has 0 saturated heterocycles. The lowest BCUT2D eigenvalue weighted by Gasteiger charge is -2.40. The number of hydrogen-bond donors (Lipinski definition) is 0. The number of nitrogens with zero attached hydrogens (tertiary/aromatic N) is 1. The van der Waals surface area contributed by atoms with E-state index in [0.29, 0.717) is 11.5 Å². The van der Waals surface area contributed by atoms with Crippen molar-refractivity contribution < 1.29 is 4.74 Å². The monoisotopic (exact) mass is 235 g/mol. The molecular formula is C15H25NO. The maximum Gasteiger partial charge on any atom is 0.0736 e. The highest BCUT2D eigenvalue weighted by Crippen LogP contribution is 2.41. The summed E-state index contributed by atoms with van der Waals surface area (Å²) in [7, 11) is 0. The SMILES string of the molecule is CC1CC(OC2CCCC2C#N)CC(C)(C)C1. The average Bonchev–Trinajstić information content (AvgIpc) is 2.61. The number of nitriles is 1. The molecule has 17 heavy (non-hydrogen) atoms. The fraction of sp³-hybridized carbons (Fsp3) is 0.933. The summed E-state index contributed by atoms with van der Waals surface area (Å²) in [5.41, 5.74) is 0.406. The van der Waals surface area contributed by atoms with Gasteiger partial charge in [-0.25, -0.2) is 0 Å². The molecule has 0 spiro atoms. The van der Waals surface area contributed by atoms with Crippen LogP contribution in [0.1, 0.15) is 59.3 Å². The van der Waals surface area contributed by atoms with Crippen LogP contribution in [0.5, 0.6) is 0 Å². The standard InChI is InChI=1S/C15H25NO/c1-11-7-13(9-15(2,3)8-11)17-14-6-4-5-12(14)10-16/h11-14H,4-9H2,1-3H3. The van der Waals surface area contributed by atoms with E-state index in [1.807, 2.05) is 0 Å². The summed E-state index contributed by atoms with van der Waals surface area (Å²) in [5.74, 6) is 0.904. The van der Waals surface area contributed by atoms with E-state index in [1.54, 1.807) is 0 Å². The van der Waals surface area contributed by atoms with Gasteiger partial charge in [0.2, 0.25) is 0 Å². The number of rotatable bonds is 2. The quantitative estimate of drug-likeness (QED) is 0.727. The maximum absolute atomic E-state index is 9.09. The number of hydrogen-bond acceptors (Lipinski definition) is 2. The van der Waals surface area contributed by atoms with Crippen molar-refractivity contribution in [1.29, 1.82) is 5.26 Å². The molecule has 2 saturated carbocycles. The molecule has 0 aromatic heterocycles. The first-order valence-corrected chi connectivity index (χ1v) is 7.05. The third-order valence-electron chi connectivity index (χ3n) is 4.33. The van der Waals surface area contributed by atoms with Gasteiger partial charge in [-0.05, 0) is 49.9 Å². The zero-order chi connectivity index (χ0) is 12.5. The van der Waals surface area contributed by atoms with Crippen molar-refractivity contribution >= 4 is 0 Å². The fourth-order valence-corrected chi connectivity index (χ4v) is 3.85. The van der Waals surface area contributed by atoms with Crippen LogP contribution < -0.4 is 0 Å². The highest BCUT2D eigenvalue weighted by molar-refractivity contribution is 4.94. The van der Waals surface area contributed by atoms with Crippen molar-refractivity contribution in [1.82, 2.24) is 0 Å². The Morgan fingerprint density at radius 1 is 1.24 bits per heavy atom. The topological polar surface area (TPSA) is 33.0 Å². The molecule has 0 radical (unpaired) electrons.